The third-order valence-corrected chi connectivity index (χ3v) is 3.76. The molecule has 1 rings (SSSR count). The SMILES string of the molecule is Cc1ncc(CNC(=O)C(C)CCCC(C)N)s1. The molecule has 4 nitrogen and oxygen atoms in total. The van der Waals surface area contributed by atoms with Crippen LogP contribution < -0.4 is 11.1 Å². The molecule has 0 saturated heterocycles. The number of aryl methyl sites for hydroxylation is 1. The molecular formula is C13H23N3OS. The molecule has 0 bridgehead atoms. The van der Waals surface area contributed by atoms with Crippen LogP contribution in [0.25, 0.3) is 0 Å². The first-order valence-electron chi connectivity index (χ1n) is 6.43. The van der Waals surface area contributed by atoms with E-state index in [0.717, 1.165) is 29.1 Å². The molecular weight excluding hydrogens is 246 g/mol. The molecule has 0 spiro atoms. The van der Waals surface area contributed by atoms with Crippen molar-refractivity contribution < 1.29 is 4.79 Å². The lowest BCUT2D eigenvalue weighted by atomic mass is 10.0. The van der Waals surface area contributed by atoms with Crippen molar-refractivity contribution in [2.45, 2.75) is 52.6 Å². The Hall–Kier alpha value is -0.940. The molecule has 0 aliphatic rings. The second kappa shape index (κ2) is 7.48. The van der Waals surface area contributed by atoms with Gasteiger partial charge in [-0.2, -0.15) is 0 Å². The van der Waals surface area contributed by atoms with Crippen molar-refractivity contribution in [3.8, 4) is 0 Å². The Balaban J connectivity index is 2.23. The van der Waals surface area contributed by atoms with Crippen molar-refractivity contribution in [1.82, 2.24) is 10.3 Å². The van der Waals surface area contributed by atoms with E-state index < -0.39 is 0 Å². The molecule has 1 heterocycles. The van der Waals surface area contributed by atoms with Gasteiger partial charge < -0.3 is 11.1 Å². The van der Waals surface area contributed by atoms with Gasteiger partial charge in [-0.3, -0.25) is 4.79 Å². The highest BCUT2D eigenvalue weighted by molar-refractivity contribution is 7.11. The van der Waals surface area contributed by atoms with Crippen LogP contribution in [-0.4, -0.2) is 16.9 Å². The molecule has 0 radical (unpaired) electrons. The first-order valence-corrected chi connectivity index (χ1v) is 7.25. The summed E-state index contributed by atoms with van der Waals surface area (Å²) in [5, 5.41) is 3.98. The van der Waals surface area contributed by atoms with E-state index in [4.69, 9.17) is 5.73 Å². The molecule has 2 unspecified atom stereocenters. The van der Waals surface area contributed by atoms with Gasteiger partial charge in [0.1, 0.15) is 0 Å². The van der Waals surface area contributed by atoms with Crippen LogP contribution in [0.2, 0.25) is 0 Å². The number of nitrogens with two attached hydrogens (primary N) is 1. The van der Waals surface area contributed by atoms with Crippen LogP contribution in [0.4, 0.5) is 0 Å². The lowest BCUT2D eigenvalue weighted by molar-refractivity contribution is -0.124. The van der Waals surface area contributed by atoms with Gasteiger partial charge in [-0.05, 0) is 26.7 Å². The Bertz CT molecular complexity index is 376. The number of amides is 1. The van der Waals surface area contributed by atoms with Crippen LogP contribution >= 0.6 is 11.3 Å². The third kappa shape index (κ3) is 5.60. The Morgan fingerprint density at radius 3 is 2.78 bits per heavy atom. The third-order valence-electron chi connectivity index (χ3n) is 2.85. The fraction of sp³-hybridized carbons (Fsp3) is 0.692. The Kier molecular flexibility index (Phi) is 6.29. The highest BCUT2D eigenvalue weighted by atomic mass is 32.1. The molecule has 1 aromatic heterocycles. The molecule has 18 heavy (non-hydrogen) atoms. The van der Waals surface area contributed by atoms with E-state index >= 15 is 0 Å². The monoisotopic (exact) mass is 269 g/mol. The van der Waals surface area contributed by atoms with Gasteiger partial charge in [0.05, 0.1) is 11.6 Å². The predicted molar refractivity (Wildman–Crippen MR) is 75.4 cm³/mol. The molecule has 0 fully saturated rings. The van der Waals surface area contributed by atoms with Crippen LogP contribution in [0, 0.1) is 12.8 Å². The molecule has 0 aliphatic carbocycles. The van der Waals surface area contributed by atoms with E-state index in [9.17, 15) is 4.79 Å². The van der Waals surface area contributed by atoms with Crippen molar-refractivity contribution in [2.24, 2.45) is 11.7 Å². The van der Waals surface area contributed by atoms with E-state index in [1.165, 1.54) is 0 Å². The first-order chi connectivity index (χ1) is 8.49. The van der Waals surface area contributed by atoms with Crippen molar-refractivity contribution in [2.75, 3.05) is 0 Å². The summed E-state index contributed by atoms with van der Waals surface area (Å²) in [4.78, 5) is 17.1. The Morgan fingerprint density at radius 1 is 1.50 bits per heavy atom. The van der Waals surface area contributed by atoms with Gasteiger partial charge in [0, 0.05) is 23.0 Å². The smallest absolute Gasteiger partial charge is 0.223 e. The number of nitrogens with zero attached hydrogens (tertiary/aromatic N) is 1. The molecule has 0 aromatic carbocycles. The number of rotatable bonds is 7. The van der Waals surface area contributed by atoms with E-state index in [0.29, 0.717) is 6.54 Å². The minimum absolute atomic E-state index is 0.0535. The van der Waals surface area contributed by atoms with Gasteiger partial charge in [0.2, 0.25) is 5.91 Å². The van der Waals surface area contributed by atoms with Crippen molar-refractivity contribution >= 4 is 17.2 Å². The number of thiazole rings is 1. The maximum Gasteiger partial charge on any atom is 0.223 e. The summed E-state index contributed by atoms with van der Waals surface area (Å²) >= 11 is 1.62. The molecule has 1 aromatic rings. The number of hydrogen-bond acceptors (Lipinski definition) is 4. The van der Waals surface area contributed by atoms with Gasteiger partial charge in [-0.15, -0.1) is 11.3 Å². The molecule has 3 N–H and O–H groups in total. The van der Waals surface area contributed by atoms with Crippen LogP contribution in [0.15, 0.2) is 6.20 Å². The van der Waals surface area contributed by atoms with Crippen LogP contribution in [0.5, 0.6) is 0 Å². The van der Waals surface area contributed by atoms with Crippen LogP contribution in [0.3, 0.4) is 0 Å². The van der Waals surface area contributed by atoms with E-state index in [2.05, 4.69) is 10.3 Å². The summed E-state index contributed by atoms with van der Waals surface area (Å²) in [6.07, 6.45) is 4.70. The zero-order valence-corrected chi connectivity index (χ0v) is 12.2. The normalized spacial score (nSPS) is 14.2. The van der Waals surface area contributed by atoms with Crippen molar-refractivity contribution in [1.29, 1.82) is 0 Å². The summed E-state index contributed by atoms with van der Waals surface area (Å²) in [6, 6.07) is 0.223. The largest absolute Gasteiger partial charge is 0.351 e. The van der Waals surface area contributed by atoms with Gasteiger partial charge in [-0.1, -0.05) is 13.3 Å². The lowest BCUT2D eigenvalue weighted by Gasteiger charge is -2.12. The van der Waals surface area contributed by atoms with Crippen molar-refractivity contribution in [3.05, 3.63) is 16.1 Å². The van der Waals surface area contributed by atoms with E-state index in [1.807, 2.05) is 27.0 Å². The molecule has 5 heteroatoms. The Labute approximate surface area is 113 Å². The number of nitrogens with one attached hydrogen (secondary N) is 1. The second-order valence-electron chi connectivity index (χ2n) is 4.87. The van der Waals surface area contributed by atoms with Crippen LogP contribution in [-0.2, 0) is 11.3 Å². The molecule has 1 amide bonds. The van der Waals surface area contributed by atoms with Crippen molar-refractivity contribution in [3.63, 3.8) is 0 Å². The standard InChI is InChI=1S/C13H23N3OS/c1-9(5-4-6-10(2)14)13(17)16-8-12-7-15-11(3)18-12/h7,9-10H,4-6,8,14H2,1-3H3,(H,16,17). The van der Waals surface area contributed by atoms with Gasteiger partial charge >= 0.3 is 0 Å². The summed E-state index contributed by atoms with van der Waals surface area (Å²) in [6.45, 7) is 6.51. The van der Waals surface area contributed by atoms with E-state index in [1.54, 1.807) is 11.3 Å². The Morgan fingerprint density at radius 2 is 2.22 bits per heavy atom. The summed E-state index contributed by atoms with van der Waals surface area (Å²) in [5.74, 6) is 0.170. The summed E-state index contributed by atoms with van der Waals surface area (Å²) < 4.78 is 0. The second-order valence-corrected chi connectivity index (χ2v) is 6.19. The molecule has 0 aliphatic heterocycles. The van der Waals surface area contributed by atoms with Crippen LogP contribution in [0.1, 0.15) is 43.0 Å². The average Bonchev–Trinajstić information content (AvgIpc) is 2.71. The quantitative estimate of drug-likeness (QED) is 0.797. The molecule has 0 saturated carbocycles. The summed E-state index contributed by atoms with van der Waals surface area (Å²) in [7, 11) is 0. The number of aromatic nitrogens is 1. The minimum Gasteiger partial charge on any atom is -0.351 e. The number of hydrogen-bond donors (Lipinski definition) is 2. The zero-order valence-electron chi connectivity index (χ0n) is 11.4. The molecule has 2 atom stereocenters. The molecule has 102 valence electrons. The maximum absolute atomic E-state index is 11.8. The maximum atomic E-state index is 11.8. The van der Waals surface area contributed by atoms with Gasteiger partial charge in [0.25, 0.3) is 0 Å². The minimum atomic E-state index is 0.0535. The fourth-order valence-corrected chi connectivity index (χ4v) is 2.45. The highest BCUT2D eigenvalue weighted by Gasteiger charge is 2.12. The topological polar surface area (TPSA) is 68.0 Å². The lowest BCUT2D eigenvalue weighted by Crippen LogP contribution is -2.28. The average molecular weight is 269 g/mol. The summed E-state index contributed by atoms with van der Waals surface area (Å²) in [5.41, 5.74) is 5.69. The predicted octanol–water partition coefficient (Wildman–Crippen LogP) is 2.22. The van der Waals surface area contributed by atoms with E-state index in [-0.39, 0.29) is 17.9 Å². The first kappa shape index (κ1) is 15.1. The van der Waals surface area contributed by atoms with Gasteiger partial charge in [-0.25, -0.2) is 4.98 Å². The fourth-order valence-electron chi connectivity index (χ4n) is 1.71. The number of carbonyl (C=O) groups excluding carboxylic acids is 1. The number of carbonyl (C=O) groups is 1. The van der Waals surface area contributed by atoms with Gasteiger partial charge in [0.15, 0.2) is 0 Å². The zero-order chi connectivity index (χ0) is 13.5. The highest BCUT2D eigenvalue weighted by Crippen LogP contribution is 2.12.